The van der Waals surface area contributed by atoms with Crippen LogP contribution in [0.1, 0.15) is 21.7 Å². The lowest BCUT2D eigenvalue weighted by molar-refractivity contribution is 0.0600. The Morgan fingerprint density at radius 3 is 2.27 bits per heavy atom. The molecule has 22 heavy (non-hydrogen) atoms. The molecule has 2 heterocycles. The Labute approximate surface area is 128 Å². The summed E-state index contributed by atoms with van der Waals surface area (Å²) < 4.78 is 8.66. The lowest BCUT2D eigenvalue weighted by Gasteiger charge is -2.14. The Morgan fingerprint density at radius 2 is 1.68 bits per heavy atom. The third kappa shape index (κ3) is 2.20. The first kappa shape index (κ1) is 14.1. The van der Waals surface area contributed by atoms with Crippen molar-refractivity contribution in [1.29, 1.82) is 0 Å². The second-order valence-electron chi connectivity index (χ2n) is 5.07. The fourth-order valence-corrected chi connectivity index (χ4v) is 2.57. The van der Waals surface area contributed by atoms with Crippen LogP contribution in [0.25, 0.3) is 11.5 Å². The molecule has 0 radical (unpaired) electrons. The predicted molar refractivity (Wildman–Crippen MR) is 83.7 cm³/mol. The number of carbonyl (C=O) groups excluding carboxylic acids is 1. The van der Waals surface area contributed by atoms with E-state index in [-0.39, 0.29) is 0 Å². The van der Waals surface area contributed by atoms with Crippen molar-refractivity contribution in [2.75, 3.05) is 7.11 Å². The number of methoxy groups -OCH3 is 1. The highest BCUT2D eigenvalue weighted by atomic mass is 16.5. The number of aryl methyl sites for hydroxylation is 2. The number of nitrogens with zero attached hydrogens (tertiary/aromatic N) is 3. The van der Waals surface area contributed by atoms with Crippen molar-refractivity contribution in [1.82, 2.24) is 14.3 Å². The zero-order valence-corrected chi connectivity index (χ0v) is 12.8. The van der Waals surface area contributed by atoms with Gasteiger partial charge in [-0.15, -0.1) is 0 Å². The van der Waals surface area contributed by atoms with Gasteiger partial charge in [-0.25, -0.2) is 9.48 Å². The molecular weight excluding hydrogens is 278 g/mol. The van der Waals surface area contributed by atoms with E-state index >= 15 is 0 Å². The molecule has 0 N–H and O–H groups in total. The molecule has 0 fully saturated rings. The molecular formula is C17H17N3O2. The van der Waals surface area contributed by atoms with Gasteiger partial charge in [-0.3, -0.25) is 0 Å². The molecule has 0 saturated carbocycles. The zero-order chi connectivity index (χ0) is 15.7. The minimum Gasteiger partial charge on any atom is -0.465 e. The van der Waals surface area contributed by atoms with E-state index in [1.807, 2.05) is 60.9 Å². The van der Waals surface area contributed by atoms with Crippen LogP contribution in [0.15, 0.2) is 48.7 Å². The van der Waals surface area contributed by atoms with Gasteiger partial charge < -0.3 is 9.30 Å². The van der Waals surface area contributed by atoms with Crippen LogP contribution in [0.4, 0.5) is 0 Å². The number of esters is 1. The molecule has 0 atom stereocenters. The Kier molecular flexibility index (Phi) is 3.55. The number of hydrogen-bond donors (Lipinski definition) is 0. The Morgan fingerprint density at radius 1 is 1.05 bits per heavy atom. The van der Waals surface area contributed by atoms with Gasteiger partial charge in [-0.05, 0) is 38.1 Å². The predicted octanol–water partition coefficient (Wildman–Crippen LogP) is 3.07. The van der Waals surface area contributed by atoms with Crippen LogP contribution in [0.2, 0.25) is 0 Å². The minimum atomic E-state index is -0.398. The summed E-state index contributed by atoms with van der Waals surface area (Å²) in [6.07, 6.45) is 1.55. The van der Waals surface area contributed by atoms with E-state index in [1.165, 1.54) is 7.11 Å². The number of ether oxygens (including phenoxy) is 1. The van der Waals surface area contributed by atoms with Gasteiger partial charge in [0.05, 0.1) is 19.0 Å². The van der Waals surface area contributed by atoms with E-state index in [4.69, 9.17) is 4.74 Å². The largest absolute Gasteiger partial charge is 0.465 e. The molecule has 0 aliphatic rings. The number of para-hydroxylation sites is 1. The number of benzene rings is 1. The maximum atomic E-state index is 12.1. The van der Waals surface area contributed by atoms with Crippen LogP contribution in [0, 0.1) is 13.8 Å². The molecule has 5 nitrogen and oxygen atoms in total. The lowest BCUT2D eigenvalue weighted by atomic mass is 10.3. The molecule has 2 aromatic heterocycles. The smallest absolute Gasteiger partial charge is 0.343 e. The lowest BCUT2D eigenvalue weighted by Crippen LogP contribution is -2.12. The van der Waals surface area contributed by atoms with Crippen LogP contribution in [-0.4, -0.2) is 27.4 Å². The first-order valence-corrected chi connectivity index (χ1v) is 7.00. The molecule has 3 rings (SSSR count). The Balaban J connectivity index is 2.30. The summed E-state index contributed by atoms with van der Waals surface area (Å²) in [5, 5.41) is 4.39. The van der Waals surface area contributed by atoms with Crippen LogP contribution >= 0.6 is 0 Å². The van der Waals surface area contributed by atoms with Crippen LogP contribution in [0.5, 0.6) is 0 Å². The summed E-state index contributed by atoms with van der Waals surface area (Å²) in [4.78, 5) is 12.1. The highest BCUT2D eigenvalue weighted by Crippen LogP contribution is 2.24. The third-order valence-corrected chi connectivity index (χ3v) is 3.63. The molecule has 0 saturated heterocycles. The number of hydrogen-bond acceptors (Lipinski definition) is 3. The Hall–Kier alpha value is -2.82. The average molecular weight is 295 g/mol. The molecule has 112 valence electrons. The second kappa shape index (κ2) is 5.52. The van der Waals surface area contributed by atoms with Crippen molar-refractivity contribution in [3.05, 3.63) is 65.6 Å². The van der Waals surface area contributed by atoms with Crippen molar-refractivity contribution in [3.63, 3.8) is 0 Å². The second-order valence-corrected chi connectivity index (χ2v) is 5.07. The van der Waals surface area contributed by atoms with Gasteiger partial charge in [-0.2, -0.15) is 5.10 Å². The number of rotatable bonds is 3. The Bertz CT molecular complexity index is 796. The van der Waals surface area contributed by atoms with E-state index in [0.29, 0.717) is 11.4 Å². The minimum absolute atomic E-state index is 0.398. The van der Waals surface area contributed by atoms with Crippen molar-refractivity contribution in [2.24, 2.45) is 0 Å². The average Bonchev–Trinajstić information content (AvgIpc) is 3.10. The maximum absolute atomic E-state index is 12.1. The first-order valence-electron chi connectivity index (χ1n) is 7.00. The normalized spacial score (nSPS) is 10.7. The van der Waals surface area contributed by atoms with Gasteiger partial charge in [-0.1, -0.05) is 18.2 Å². The number of aromatic nitrogens is 3. The fourth-order valence-electron chi connectivity index (χ4n) is 2.57. The quantitative estimate of drug-likeness (QED) is 0.698. The van der Waals surface area contributed by atoms with Crippen molar-refractivity contribution in [3.8, 4) is 11.5 Å². The first-order chi connectivity index (χ1) is 10.6. The molecule has 0 aliphatic heterocycles. The van der Waals surface area contributed by atoms with E-state index in [9.17, 15) is 4.79 Å². The van der Waals surface area contributed by atoms with Crippen molar-refractivity contribution in [2.45, 2.75) is 13.8 Å². The fraction of sp³-hybridized carbons (Fsp3) is 0.176. The van der Waals surface area contributed by atoms with E-state index in [0.717, 1.165) is 17.1 Å². The van der Waals surface area contributed by atoms with Gasteiger partial charge in [0.1, 0.15) is 5.56 Å². The van der Waals surface area contributed by atoms with Gasteiger partial charge in [0.15, 0.2) is 5.82 Å². The summed E-state index contributed by atoms with van der Waals surface area (Å²) in [7, 11) is 1.38. The molecule has 0 amide bonds. The molecule has 5 heteroatoms. The standard InChI is InChI=1S/C17H17N3O2/c1-12-9-10-13(2)19(12)16-15(17(21)22-3)11-18-20(16)14-7-5-4-6-8-14/h4-11H,1-3H3. The van der Waals surface area contributed by atoms with E-state index in [2.05, 4.69) is 5.10 Å². The summed E-state index contributed by atoms with van der Waals surface area (Å²) in [6.45, 7) is 3.99. The van der Waals surface area contributed by atoms with Gasteiger partial charge in [0.25, 0.3) is 0 Å². The summed E-state index contributed by atoms with van der Waals surface area (Å²) in [5.74, 6) is 0.294. The van der Waals surface area contributed by atoms with Crippen molar-refractivity contribution >= 4 is 5.97 Å². The summed E-state index contributed by atoms with van der Waals surface area (Å²) in [5.41, 5.74) is 3.38. The summed E-state index contributed by atoms with van der Waals surface area (Å²) >= 11 is 0. The molecule has 0 aliphatic carbocycles. The SMILES string of the molecule is COC(=O)c1cnn(-c2ccccc2)c1-n1c(C)ccc1C. The highest BCUT2D eigenvalue weighted by Gasteiger charge is 2.22. The topological polar surface area (TPSA) is 49.0 Å². The van der Waals surface area contributed by atoms with E-state index < -0.39 is 5.97 Å². The third-order valence-electron chi connectivity index (χ3n) is 3.63. The number of carbonyl (C=O) groups is 1. The molecule has 0 bridgehead atoms. The molecule has 1 aromatic carbocycles. The van der Waals surface area contributed by atoms with Crippen LogP contribution < -0.4 is 0 Å². The van der Waals surface area contributed by atoms with Gasteiger partial charge in [0, 0.05) is 11.4 Å². The maximum Gasteiger partial charge on any atom is 0.343 e. The van der Waals surface area contributed by atoms with Gasteiger partial charge in [0.2, 0.25) is 0 Å². The zero-order valence-electron chi connectivity index (χ0n) is 12.8. The molecule has 0 spiro atoms. The highest BCUT2D eigenvalue weighted by molar-refractivity contribution is 5.93. The summed E-state index contributed by atoms with van der Waals surface area (Å²) in [6, 6.07) is 13.7. The van der Waals surface area contributed by atoms with Crippen LogP contribution in [0.3, 0.4) is 0 Å². The monoisotopic (exact) mass is 295 g/mol. The molecule has 3 aromatic rings. The van der Waals surface area contributed by atoms with Crippen LogP contribution in [-0.2, 0) is 4.74 Å². The van der Waals surface area contributed by atoms with Gasteiger partial charge >= 0.3 is 5.97 Å². The molecule has 0 unspecified atom stereocenters. The van der Waals surface area contributed by atoms with E-state index in [1.54, 1.807) is 10.9 Å². The van der Waals surface area contributed by atoms with Crippen molar-refractivity contribution < 1.29 is 9.53 Å².